The molecule has 2 heteroatoms. The van der Waals surface area contributed by atoms with Crippen molar-refractivity contribution in [1.29, 1.82) is 0 Å². The zero-order chi connectivity index (χ0) is 9.80. The highest BCUT2D eigenvalue weighted by Gasteiger charge is 2.10. The quantitative estimate of drug-likeness (QED) is 0.619. The van der Waals surface area contributed by atoms with E-state index >= 15 is 0 Å². The summed E-state index contributed by atoms with van der Waals surface area (Å²) in [5.74, 6) is 4.70. The Bertz CT molecular complexity index is 389. The Morgan fingerprint density at radius 3 is 2.57 bits per heavy atom. The van der Waals surface area contributed by atoms with Crippen LogP contribution in [0.1, 0.15) is 0 Å². The van der Waals surface area contributed by atoms with Gasteiger partial charge in [-0.15, -0.1) is 29.9 Å². The van der Waals surface area contributed by atoms with Crippen LogP contribution in [-0.4, -0.2) is 11.5 Å². The molecule has 70 valence electrons. The lowest BCUT2D eigenvalue weighted by molar-refractivity contribution is 1.56. The average molecular weight is 218 g/mol. The lowest BCUT2D eigenvalue weighted by Gasteiger charge is -2.14. The molecule has 2 heterocycles. The molecule has 2 rings (SSSR count). The van der Waals surface area contributed by atoms with Gasteiger partial charge in [0.05, 0.1) is 0 Å². The van der Waals surface area contributed by atoms with E-state index in [1.165, 1.54) is 9.81 Å². The first-order valence-corrected chi connectivity index (χ1v) is 6.37. The Balaban J connectivity index is 2.18. The van der Waals surface area contributed by atoms with Crippen molar-refractivity contribution in [2.45, 2.75) is 0 Å². The molecule has 0 spiro atoms. The fourth-order valence-corrected chi connectivity index (χ4v) is 3.21. The van der Waals surface area contributed by atoms with Crippen LogP contribution in [0.3, 0.4) is 0 Å². The average Bonchev–Trinajstić information content (AvgIpc) is 2.30. The molecule has 0 amide bonds. The highest BCUT2D eigenvalue weighted by Crippen LogP contribution is 2.37. The molecule has 0 fully saturated rings. The molecule has 0 aromatic carbocycles. The van der Waals surface area contributed by atoms with Gasteiger partial charge in [0.15, 0.2) is 0 Å². The monoisotopic (exact) mass is 218 g/mol. The molecule has 0 radical (unpaired) electrons. The fourth-order valence-electron chi connectivity index (χ4n) is 1.22. The standard InChI is InChI=1S/C12H10S2/c1-2-10-6-7-12(14-9-10)11-5-3-4-8-13-11/h1,3-7H,8-9H2. The molecule has 0 aromatic rings. The molecule has 0 saturated heterocycles. The summed E-state index contributed by atoms with van der Waals surface area (Å²) in [7, 11) is 0. The molecule has 0 aliphatic carbocycles. The van der Waals surface area contributed by atoms with Gasteiger partial charge in [-0.1, -0.05) is 18.1 Å². The third-order valence-electron chi connectivity index (χ3n) is 1.97. The fraction of sp³-hybridized carbons (Fsp3) is 0.167. The summed E-state index contributed by atoms with van der Waals surface area (Å²) < 4.78 is 0. The summed E-state index contributed by atoms with van der Waals surface area (Å²) in [5, 5.41) is 0. The molecule has 14 heavy (non-hydrogen) atoms. The van der Waals surface area contributed by atoms with Crippen LogP contribution in [0.15, 0.2) is 45.8 Å². The molecular formula is C12H10S2. The predicted molar refractivity (Wildman–Crippen MR) is 67.1 cm³/mol. The van der Waals surface area contributed by atoms with Gasteiger partial charge in [0.1, 0.15) is 0 Å². The molecular weight excluding hydrogens is 208 g/mol. The van der Waals surface area contributed by atoms with Crippen molar-refractivity contribution < 1.29 is 0 Å². The molecule has 0 unspecified atom stereocenters. The smallest absolute Gasteiger partial charge is 0.0312 e. The highest BCUT2D eigenvalue weighted by molar-refractivity contribution is 8.08. The Morgan fingerprint density at radius 1 is 1.14 bits per heavy atom. The van der Waals surface area contributed by atoms with Crippen molar-refractivity contribution in [3.05, 3.63) is 45.8 Å². The van der Waals surface area contributed by atoms with E-state index in [4.69, 9.17) is 6.42 Å². The number of hydrogen-bond acceptors (Lipinski definition) is 2. The van der Waals surface area contributed by atoms with E-state index in [2.05, 4.69) is 30.2 Å². The van der Waals surface area contributed by atoms with Gasteiger partial charge in [-0.3, -0.25) is 0 Å². The summed E-state index contributed by atoms with van der Waals surface area (Å²) in [6.45, 7) is 0. The SMILES string of the molecule is C#CC1=CC=C(C2=CC=CCS2)SC1. The minimum atomic E-state index is 0.934. The van der Waals surface area contributed by atoms with Gasteiger partial charge < -0.3 is 0 Å². The zero-order valence-electron chi connectivity index (χ0n) is 7.69. The molecule has 0 saturated carbocycles. The van der Waals surface area contributed by atoms with Gasteiger partial charge in [-0.25, -0.2) is 0 Å². The molecule has 0 nitrogen and oxygen atoms in total. The second-order valence-corrected chi connectivity index (χ2v) is 5.00. The number of allylic oxidation sites excluding steroid dienone is 4. The molecule has 0 N–H and O–H groups in total. The van der Waals surface area contributed by atoms with Crippen molar-refractivity contribution in [3.63, 3.8) is 0 Å². The summed E-state index contributed by atoms with van der Waals surface area (Å²) in [5.41, 5.74) is 1.08. The van der Waals surface area contributed by atoms with Crippen LogP contribution in [0.2, 0.25) is 0 Å². The second-order valence-electron chi connectivity index (χ2n) is 2.93. The van der Waals surface area contributed by atoms with Crippen molar-refractivity contribution in [1.82, 2.24) is 0 Å². The van der Waals surface area contributed by atoms with Gasteiger partial charge in [0.25, 0.3) is 0 Å². The van der Waals surface area contributed by atoms with Gasteiger partial charge in [-0.2, -0.15) is 0 Å². The highest BCUT2D eigenvalue weighted by atomic mass is 32.2. The van der Waals surface area contributed by atoms with E-state index in [9.17, 15) is 0 Å². The zero-order valence-corrected chi connectivity index (χ0v) is 9.33. The van der Waals surface area contributed by atoms with E-state index < -0.39 is 0 Å². The topological polar surface area (TPSA) is 0 Å². The Hall–Kier alpha value is -0.780. The van der Waals surface area contributed by atoms with Gasteiger partial charge in [-0.05, 0) is 18.2 Å². The van der Waals surface area contributed by atoms with E-state index in [-0.39, 0.29) is 0 Å². The number of rotatable bonds is 1. The predicted octanol–water partition coefficient (Wildman–Crippen LogP) is 3.36. The van der Waals surface area contributed by atoms with Crippen LogP contribution in [0.5, 0.6) is 0 Å². The van der Waals surface area contributed by atoms with Crippen LogP contribution < -0.4 is 0 Å². The first kappa shape index (κ1) is 9.76. The third kappa shape index (κ3) is 2.17. The minimum Gasteiger partial charge on any atom is -0.121 e. The molecule has 0 atom stereocenters. The Morgan fingerprint density at radius 2 is 2.00 bits per heavy atom. The first-order valence-electron chi connectivity index (χ1n) is 4.40. The number of thioether (sulfide) groups is 2. The summed E-state index contributed by atoms with van der Waals surface area (Å²) in [6, 6.07) is 0. The first-order chi connectivity index (χ1) is 6.90. The third-order valence-corrected chi connectivity index (χ3v) is 4.24. The number of hydrogen-bond donors (Lipinski definition) is 0. The molecule has 2 aliphatic heterocycles. The maximum absolute atomic E-state index is 5.34. The normalized spacial score (nSPS) is 20.6. The van der Waals surface area contributed by atoms with Gasteiger partial charge in [0.2, 0.25) is 0 Å². The largest absolute Gasteiger partial charge is 0.121 e. The van der Waals surface area contributed by atoms with Crippen LogP contribution in [0, 0.1) is 12.3 Å². The van der Waals surface area contributed by atoms with Crippen LogP contribution >= 0.6 is 23.5 Å². The van der Waals surface area contributed by atoms with Crippen molar-refractivity contribution in [3.8, 4) is 12.3 Å². The van der Waals surface area contributed by atoms with Crippen LogP contribution in [0.25, 0.3) is 0 Å². The van der Waals surface area contributed by atoms with E-state index in [1.54, 1.807) is 0 Å². The van der Waals surface area contributed by atoms with E-state index in [0.29, 0.717) is 0 Å². The van der Waals surface area contributed by atoms with Crippen molar-refractivity contribution in [2.75, 3.05) is 11.5 Å². The molecule has 2 aliphatic rings. The van der Waals surface area contributed by atoms with Crippen LogP contribution in [0.4, 0.5) is 0 Å². The lowest BCUT2D eigenvalue weighted by atomic mass is 10.2. The second kappa shape index (κ2) is 4.63. The van der Waals surface area contributed by atoms with Gasteiger partial charge >= 0.3 is 0 Å². The summed E-state index contributed by atoms with van der Waals surface area (Å²) >= 11 is 3.71. The van der Waals surface area contributed by atoms with Crippen LogP contribution in [-0.2, 0) is 0 Å². The van der Waals surface area contributed by atoms with E-state index in [1.807, 2.05) is 29.6 Å². The maximum Gasteiger partial charge on any atom is 0.0312 e. The van der Waals surface area contributed by atoms with Crippen molar-refractivity contribution >= 4 is 23.5 Å². The maximum atomic E-state index is 5.34. The molecule has 0 aromatic heterocycles. The summed E-state index contributed by atoms with van der Waals surface area (Å²) in [4.78, 5) is 2.71. The Labute approximate surface area is 93.2 Å². The minimum absolute atomic E-state index is 0.934. The summed E-state index contributed by atoms with van der Waals surface area (Å²) in [6.07, 6.45) is 16.0. The number of terminal acetylenes is 1. The molecule has 0 bridgehead atoms. The van der Waals surface area contributed by atoms with Crippen molar-refractivity contribution in [2.24, 2.45) is 0 Å². The lowest BCUT2D eigenvalue weighted by Crippen LogP contribution is -1.94. The van der Waals surface area contributed by atoms with E-state index in [0.717, 1.165) is 17.1 Å². The van der Waals surface area contributed by atoms with Gasteiger partial charge in [0, 0.05) is 26.9 Å². The Kier molecular flexibility index (Phi) is 3.23.